The molecule has 2 atom stereocenters. The third-order valence-electron chi connectivity index (χ3n) is 3.55. The van der Waals surface area contributed by atoms with Crippen molar-refractivity contribution in [2.24, 2.45) is 0 Å². The Labute approximate surface area is 111 Å². The van der Waals surface area contributed by atoms with Crippen LogP contribution in [0, 0.1) is 0 Å². The predicted molar refractivity (Wildman–Crippen MR) is 73.4 cm³/mol. The van der Waals surface area contributed by atoms with E-state index in [4.69, 9.17) is 0 Å². The number of hydrogen-bond donors (Lipinski definition) is 2. The van der Waals surface area contributed by atoms with Gasteiger partial charge < -0.3 is 10.4 Å². The lowest BCUT2D eigenvalue weighted by Gasteiger charge is -2.20. The summed E-state index contributed by atoms with van der Waals surface area (Å²) in [5.41, 5.74) is -0.618. The number of likely N-dealkylation sites (tertiary alicyclic amines) is 1. The van der Waals surface area contributed by atoms with E-state index in [9.17, 15) is 9.90 Å². The molecule has 0 aromatic rings. The lowest BCUT2D eigenvalue weighted by atomic mass is 10.1. The van der Waals surface area contributed by atoms with Gasteiger partial charge in [-0.2, -0.15) is 0 Å². The van der Waals surface area contributed by atoms with Gasteiger partial charge in [-0.05, 0) is 26.7 Å². The minimum Gasteiger partial charge on any atom is -0.389 e. The Morgan fingerprint density at radius 3 is 2.78 bits per heavy atom. The van der Waals surface area contributed by atoms with Crippen molar-refractivity contribution >= 4 is 5.91 Å². The summed E-state index contributed by atoms with van der Waals surface area (Å²) in [5, 5.41) is 12.9. The standard InChI is InChI=1S/C14H28N2O2/c1-4-5-6-7-12(2)15-13(17)10-16-9-8-14(3,18)11-16/h12,18H,4-11H2,1-3H3,(H,15,17). The van der Waals surface area contributed by atoms with Crippen LogP contribution in [0.4, 0.5) is 0 Å². The summed E-state index contributed by atoms with van der Waals surface area (Å²) in [4.78, 5) is 13.8. The molecule has 4 heteroatoms. The number of unbranched alkanes of at least 4 members (excludes halogenated alkanes) is 2. The van der Waals surface area contributed by atoms with Crippen LogP contribution in [0.2, 0.25) is 0 Å². The van der Waals surface area contributed by atoms with Crippen molar-refractivity contribution in [2.75, 3.05) is 19.6 Å². The largest absolute Gasteiger partial charge is 0.389 e. The molecule has 1 heterocycles. The van der Waals surface area contributed by atoms with Crippen molar-refractivity contribution in [2.45, 2.75) is 64.5 Å². The molecule has 1 rings (SSSR count). The van der Waals surface area contributed by atoms with Gasteiger partial charge in [0.25, 0.3) is 0 Å². The molecule has 1 fully saturated rings. The van der Waals surface area contributed by atoms with Crippen LogP contribution in [0.1, 0.15) is 52.9 Å². The van der Waals surface area contributed by atoms with Crippen LogP contribution in [0.5, 0.6) is 0 Å². The van der Waals surface area contributed by atoms with Gasteiger partial charge in [0, 0.05) is 19.1 Å². The number of β-amino-alcohol motifs (C(OH)–C–C–N with tert-alkyl or cyclic N) is 1. The molecule has 1 saturated heterocycles. The zero-order chi connectivity index (χ0) is 13.6. The zero-order valence-corrected chi connectivity index (χ0v) is 12.0. The lowest BCUT2D eigenvalue weighted by molar-refractivity contribution is -0.122. The number of rotatable bonds is 7. The van der Waals surface area contributed by atoms with Crippen LogP contribution in [0.15, 0.2) is 0 Å². The second kappa shape index (κ2) is 7.10. The first-order valence-electron chi connectivity index (χ1n) is 7.17. The van der Waals surface area contributed by atoms with Crippen LogP contribution in [-0.4, -0.2) is 47.2 Å². The van der Waals surface area contributed by atoms with E-state index in [2.05, 4.69) is 19.2 Å². The fourth-order valence-corrected chi connectivity index (χ4v) is 2.47. The SMILES string of the molecule is CCCCCC(C)NC(=O)CN1CCC(C)(O)C1. The molecular formula is C14H28N2O2. The van der Waals surface area contributed by atoms with Gasteiger partial charge in [-0.15, -0.1) is 0 Å². The third-order valence-corrected chi connectivity index (χ3v) is 3.55. The molecule has 1 aliphatic heterocycles. The molecule has 0 aromatic carbocycles. The summed E-state index contributed by atoms with van der Waals surface area (Å²) in [6.07, 6.45) is 5.43. The lowest BCUT2D eigenvalue weighted by Crippen LogP contribution is -2.41. The first kappa shape index (κ1) is 15.4. The van der Waals surface area contributed by atoms with E-state index in [1.807, 2.05) is 11.8 Å². The minimum absolute atomic E-state index is 0.0803. The highest BCUT2D eigenvalue weighted by Crippen LogP contribution is 2.19. The van der Waals surface area contributed by atoms with Crippen LogP contribution in [-0.2, 0) is 4.79 Å². The van der Waals surface area contributed by atoms with E-state index in [-0.39, 0.29) is 11.9 Å². The maximum Gasteiger partial charge on any atom is 0.234 e. The quantitative estimate of drug-likeness (QED) is 0.679. The van der Waals surface area contributed by atoms with Crippen molar-refractivity contribution in [3.63, 3.8) is 0 Å². The highest BCUT2D eigenvalue weighted by Gasteiger charge is 2.32. The Hall–Kier alpha value is -0.610. The molecule has 2 N–H and O–H groups in total. The Balaban J connectivity index is 2.17. The summed E-state index contributed by atoms with van der Waals surface area (Å²) >= 11 is 0. The van der Waals surface area contributed by atoms with Crippen LogP contribution in [0.25, 0.3) is 0 Å². The van der Waals surface area contributed by atoms with E-state index < -0.39 is 5.60 Å². The monoisotopic (exact) mass is 256 g/mol. The van der Waals surface area contributed by atoms with Gasteiger partial charge in [-0.1, -0.05) is 26.2 Å². The molecule has 0 saturated carbocycles. The van der Waals surface area contributed by atoms with E-state index in [0.717, 1.165) is 19.4 Å². The number of hydrogen-bond acceptors (Lipinski definition) is 3. The Kier molecular flexibility index (Phi) is 6.09. The van der Waals surface area contributed by atoms with E-state index in [0.29, 0.717) is 13.1 Å². The van der Waals surface area contributed by atoms with Crippen molar-refractivity contribution in [3.8, 4) is 0 Å². The fraction of sp³-hybridized carbons (Fsp3) is 0.929. The van der Waals surface area contributed by atoms with Gasteiger partial charge >= 0.3 is 0 Å². The minimum atomic E-state index is -0.618. The van der Waals surface area contributed by atoms with Crippen molar-refractivity contribution in [1.82, 2.24) is 10.2 Å². The van der Waals surface area contributed by atoms with Gasteiger partial charge in [-0.25, -0.2) is 0 Å². The Morgan fingerprint density at radius 1 is 1.50 bits per heavy atom. The molecule has 0 bridgehead atoms. The molecule has 0 radical (unpaired) electrons. The second-order valence-corrected chi connectivity index (χ2v) is 5.92. The first-order valence-corrected chi connectivity index (χ1v) is 7.17. The number of nitrogens with one attached hydrogen (secondary N) is 1. The average molecular weight is 256 g/mol. The van der Waals surface area contributed by atoms with Crippen LogP contribution >= 0.6 is 0 Å². The van der Waals surface area contributed by atoms with E-state index >= 15 is 0 Å². The molecule has 1 amide bonds. The van der Waals surface area contributed by atoms with E-state index in [1.54, 1.807) is 0 Å². The molecule has 0 spiro atoms. The average Bonchev–Trinajstić information content (AvgIpc) is 2.58. The number of amides is 1. The highest BCUT2D eigenvalue weighted by atomic mass is 16.3. The maximum atomic E-state index is 11.8. The summed E-state index contributed by atoms with van der Waals surface area (Å²) < 4.78 is 0. The normalized spacial score (nSPS) is 26.2. The highest BCUT2D eigenvalue weighted by molar-refractivity contribution is 5.78. The Morgan fingerprint density at radius 2 is 2.22 bits per heavy atom. The summed E-state index contributed by atoms with van der Waals surface area (Å²) in [6, 6.07) is 0.257. The molecule has 1 aliphatic rings. The first-order chi connectivity index (χ1) is 8.43. The molecule has 2 unspecified atom stereocenters. The molecule has 0 aromatic heterocycles. The number of nitrogens with zero attached hydrogens (tertiary/aromatic N) is 1. The van der Waals surface area contributed by atoms with Crippen molar-refractivity contribution in [1.29, 1.82) is 0 Å². The van der Waals surface area contributed by atoms with Gasteiger partial charge in [0.1, 0.15) is 0 Å². The van der Waals surface area contributed by atoms with E-state index in [1.165, 1.54) is 19.3 Å². The molecular weight excluding hydrogens is 228 g/mol. The molecule has 4 nitrogen and oxygen atoms in total. The molecule has 0 aliphatic carbocycles. The second-order valence-electron chi connectivity index (χ2n) is 5.92. The van der Waals surface area contributed by atoms with Gasteiger partial charge in [0.2, 0.25) is 5.91 Å². The van der Waals surface area contributed by atoms with Crippen LogP contribution < -0.4 is 5.32 Å². The number of carbonyl (C=O) groups is 1. The summed E-state index contributed by atoms with van der Waals surface area (Å²) in [6.45, 7) is 7.90. The predicted octanol–water partition coefficient (Wildman–Crippen LogP) is 1.53. The fourth-order valence-electron chi connectivity index (χ4n) is 2.47. The zero-order valence-electron chi connectivity index (χ0n) is 12.0. The summed E-state index contributed by atoms with van der Waals surface area (Å²) in [7, 11) is 0. The number of aliphatic hydroxyl groups is 1. The maximum absolute atomic E-state index is 11.8. The molecule has 106 valence electrons. The van der Waals surface area contributed by atoms with Gasteiger partial charge in [-0.3, -0.25) is 9.69 Å². The Bertz CT molecular complexity index is 267. The van der Waals surface area contributed by atoms with Crippen molar-refractivity contribution < 1.29 is 9.90 Å². The smallest absolute Gasteiger partial charge is 0.234 e. The van der Waals surface area contributed by atoms with Crippen molar-refractivity contribution in [3.05, 3.63) is 0 Å². The van der Waals surface area contributed by atoms with Crippen LogP contribution in [0.3, 0.4) is 0 Å². The third kappa shape index (κ3) is 5.83. The summed E-state index contributed by atoms with van der Waals surface area (Å²) in [5.74, 6) is 0.0803. The van der Waals surface area contributed by atoms with Gasteiger partial charge in [0.05, 0.1) is 12.1 Å². The topological polar surface area (TPSA) is 52.6 Å². The number of carbonyl (C=O) groups excluding carboxylic acids is 1. The molecule has 18 heavy (non-hydrogen) atoms. The van der Waals surface area contributed by atoms with Gasteiger partial charge in [0.15, 0.2) is 0 Å².